The Hall–Kier alpha value is -0.200. The highest BCUT2D eigenvalue weighted by Crippen LogP contribution is 2.13. The molecule has 2 unspecified atom stereocenters. The number of aliphatic hydroxyl groups is 2. The highest BCUT2D eigenvalue weighted by molar-refractivity contribution is 4.82. The number of ether oxygens (including phenoxy) is 2. The molecule has 2 atom stereocenters. The maximum absolute atomic E-state index is 9.74. The van der Waals surface area contributed by atoms with Gasteiger partial charge < -0.3 is 25.0 Å². The first-order valence-electron chi connectivity index (χ1n) is 6.77. The highest BCUT2D eigenvalue weighted by Gasteiger charge is 2.21. The molecule has 0 rings (SSSR count). The zero-order valence-corrected chi connectivity index (χ0v) is 11.9. The Morgan fingerprint density at radius 2 is 1.89 bits per heavy atom. The summed E-state index contributed by atoms with van der Waals surface area (Å²) in [4.78, 5) is 0. The van der Waals surface area contributed by atoms with Crippen LogP contribution in [0, 0.1) is 0 Å². The molecule has 0 aliphatic rings. The molecule has 0 saturated carbocycles. The molecule has 0 aromatic rings. The van der Waals surface area contributed by atoms with Crippen molar-refractivity contribution >= 4 is 0 Å². The first-order chi connectivity index (χ1) is 8.58. The SMILES string of the molecule is CCOCCOCC(O)CNC(C)(CC)CCO. The van der Waals surface area contributed by atoms with E-state index < -0.39 is 6.10 Å². The van der Waals surface area contributed by atoms with E-state index >= 15 is 0 Å². The molecule has 0 aliphatic carbocycles. The molecule has 0 heterocycles. The van der Waals surface area contributed by atoms with Crippen molar-refractivity contribution in [2.75, 3.05) is 39.6 Å². The van der Waals surface area contributed by atoms with Gasteiger partial charge in [0.1, 0.15) is 0 Å². The molecule has 110 valence electrons. The van der Waals surface area contributed by atoms with Crippen LogP contribution in [0.2, 0.25) is 0 Å². The normalized spacial score (nSPS) is 16.5. The molecule has 0 amide bonds. The Bertz CT molecular complexity index is 192. The van der Waals surface area contributed by atoms with Crippen LogP contribution < -0.4 is 5.32 Å². The third-order valence-corrected chi connectivity index (χ3v) is 3.09. The summed E-state index contributed by atoms with van der Waals surface area (Å²) >= 11 is 0. The van der Waals surface area contributed by atoms with E-state index in [2.05, 4.69) is 12.2 Å². The van der Waals surface area contributed by atoms with Crippen LogP contribution in [0.1, 0.15) is 33.6 Å². The maximum atomic E-state index is 9.74. The van der Waals surface area contributed by atoms with Crippen molar-refractivity contribution < 1.29 is 19.7 Å². The summed E-state index contributed by atoms with van der Waals surface area (Å²) in [6.45, 7) is 8.73. The van der Waals surface area contributed by atoms with Crippen LogP contribution in [-0.2, 0) is 9.47 Å². The zero-order valence-electron chi connectivity index (χ0n) is 11.9. The molecule has 5 nitrogen and oxygen atoms in total. The van der Waals surface area contributed by atoms with Crippen LogP contribution in [0.15, 0.2) is 0 Å². The molecule has 18 heavy (non-hydrogen) atoms. The smallest absolute Gasteiger partial charge is 0.0897 e. The van der Waals surface area contributed by atoms with Gasteiger partial charge in [0, 0.05) is 25.3 Å². The second-order valence-electron chi connectivity index (χ2n) is 4.69. The maximum Gasteiger partial charge on any atom is 0.0897 e. The molecule has 0 aromatic heterocycles. The molecule has 3 N–H and O–H groups in total. The molecule has 5 heteroatoms. The first kappa shape index (κ1) is 17.8. The third-order valence-electron chi connectivity index (χ3n) is 3.09. The summed E-state index contributed by atoms with van der Waals surface area (Å²) in [5.74, 6) is 0. The Kier molecular flexibility index (Phi) is 10.6. The van der Waals surface area contributed by atoms with Gasteiger partial charge in [-0.05, 0) is 26.7 Å². The van der Waals surface area contributed by atoms with Gasteiger partial charge in [-0.15, -0.1) is 0 Å². The van der Waals surface area contributed by atoms with Crippen molar-refractivity contribution in [1.82, 2.24) is 5.32 Å². The van der Waals surface area contributed by atoms with Gasteiger partial charge in [-0.25, -0.2) is 0 Å². The molecule has 0 spiro atoms. The summed E-state index contributed by atoms with van der Waals surface area (Å²) in [5, 5.41) is 22.0. The van der Waals surface area contributed by atoms with Crippen molar-refractivity contribution in [3.05, 3.63) is 0 Å². The average molecular weight is 263 g/mol. The number of hydrogen-bond donors (Lipinski definition) is 3. The van der Waals surface area contributed by atoms with Crippen molar-refractivity contribution in [3.8, 4) is 0 Å². The summed E-state index contributed by atoms with van der Waals surface area (Å²) in [6, 6.07) is 0. The number of β-amino-alcohol motifs (C(OH)–C–C–N with tert-alkyl or cyclic N) is 1. The highest BCUT2D eigenvalue weighted by atomic mass is 16.5. The van der Waals surface area contributed by atoms with Crippen LogP contribution >= 0.6 is 0 Å². The number of hydrogen-bond acceptors (Lipinski definition) is 5. The minimum Gasteiger partial charge on any atom is -0.396 e. The molecular formula is C13H29NO4. The molecular weight excluding hydrogens is 234 g/mol. The molecule has 0 saturated heterocycles. The van der Waals surface area contributed by atoms with Crippen LogP contribution in [-0.4, -0.2) is 61.4 Å². The standard InChI is InChI=1S/C13H29NO4/c1-4-13(3,6-7-15)14-10-12(16)11-18-9-8-17-5-2/h12,14-16H,4-11H2,1-3H3. The Balaban J connectivity index is 3.64. The van der Waals surface area contributed by atoms with Crippen molar-refractivity contribution in [2.24, 2.45) is 0 Å². The lowest BCUT2D eigenvalue weighted by Crippen LogP contribution is -2.46. The molecule has 0 aromatic carbocycles. The number of rotatable bonds is 12. The first-order valence-corrected chi connectivity index (χ1v) is 6.77. The summed E-state index contributed by atoms with van der Waals surface area (Å²) in [6.07, 6.45) is 1.06. The van der Waals surface area contributed by atoms with Crippen LogP contribution in [0.25, 0.3) is 0 Å². The van der Waals surface area contributed by atoms with Gasteiger partial charge in [0.25, 0.3) is 0 Å². The fourth-order valence-electron chi connectivity index (χ4n) is 1.54. The van der Waals surface area contributed by atoms with E-state index in [9.17, 15) is 5.11 Å². The van der Waals surface area contributed by atoms with Crippen LogP contribution in [0.5, 0.6) is 0 Å². The number of nitrogens with one attached hydrogen (secondary N) is 1. The molecule has 0 fully saturated rings. The van der Waals surface area contributed by atoms with Crippen molar-refractivity contribution in [2.45, 2.75) is 45.3 Å². The minimum atomic E-state index is -0.531. The molecule has 0 aliphatic heterocycles. The van der Waals surface area contributed by atoms with Gasteiger partial charge in [-0.2, -0.15) is 0 Å². The fourth-order valence-corrected chi connectivity index (χ4v) is 1.54. The van der Waals surface area contributed by atoms with E-state index in [1.165, 1.54) is 0 Å². The molecule has 0 bridgehead atoms. The van der Waals surface area contributed by atoms with Gasteiger partial charge in [0.05, 0.1) is 25.9 Å². The van der Waals surface area contributed by atoms with E-state index in [-0.39, 0.29) is 12.1 Å². The van der Waals surface area contributed by atoms with Crippen LogP contribution in [0.3, 0.4) is 0 Å². The lowest BCUT2D eigenvalue weighted by Gasteiger charge is -2.30. The fraction of sp³-hybridized carbons (Fsp3) is 1.00. The van der Waals surface area contributed by atoms with Gasteiger partial charge in [0.2, 0.25) is 0 Å². The second-order valence-corrected chi connectivity index (χ2v) is 4.69. The second kappa shape index (κ2) is 10.7. The average Bonchev–Trinajstić information content (AvgIpc) is 2.36. The summed E-state index contributed by atoms with van der Waals surface area (Å²) < 4.78 is 10.4. The summed E-state index contributed by atoms with van der Waals surface area (Å²) in [7, 11) is 0. The topological polar surface area (TPSA) is 71.0 Å². The molecule has 0 radical (unpaired) electrons. The van der Waals surface area contributed by atoms with Crippen molar-refractivity contribution in [1.29, 1.82) is 0 Å². The lowest BCUT2D eigenvalue weighted by molar-refractivity contribution is 0.00369. The Labute approximate surface area is 110 Å². The van der Waals surface area contributed by atoms with E-state index in [0.717, 1.165) is 6.42 Å². The van der Waals surface area contributed by atoms with E-state index in [1.807, 2.05) is 13.8 Å². The monoisotopic (exact) mass is 263 g/mol. The summed E-state index contributed by atoms with van der Waals surface area (Å²) in [5.41, 5.74) is -0.124. The quantitative estimate of drug-likeness (QED) is 0.448. The lowest BCUT2D eigenvalue weighted by atomic mass is 9.95. The predicted octanol–water partition coefficient (Wildman–Crippen LogP) is 0.541. The Morgan fingerprint density at radius 1 is 1.22 bits per heavy atom. The van der Waals surface area contributed by atoms with Gasteiger partial charge in [0.15, 0.2) is 0 Å². The Morgan fingerprint density at radius 3 is 2.44 bits per heavy atom. The van der Waals surface area contributed by atoms with Crippen molar-refractivity contribution in [3.63, 3.8) is 0 Å². The van der Waals surface area contributed by atoms with E-state index in [0.29, 0.717) is 39.4 Å². The van der Waals surface area contributed by atoms with Crippen LogP contribution in [0.4, 0.5) is 0 Å². The third kappa shape index (κ3) is 8.83. The van der Waals surface area contributed by atoms with Gasteiger partial charge in [-0.1, -0.05) is 6.92 Å². The van der Waals surface area contributed by atoms with Gasteiger partial charge >= 0.3 is 0 Å². The zero-order chi connectivity index (χ0) is 13.9. The van der Waals surface area contributed by atoms with Gasteiger partial charge in [-0.3, -0.25) is 0 Å². The van der Waals surface area contributed by atoms with E-state index in [4.69, 9.17) is 14.6 Å². The minimum absolute atomic E-state index is 0.124. The largest absolute Gasteiger partial charge is 0.396 e. The predicted molar refractivity (Wildman–Crippen MR) is 71.7 cm³/mol. The number of aliphatic hydroxyl groups excluding tert-OH is 2. The van der Waals surface area contributed by atoms with E-state index in [1.54, 1.807) is 0 Å².